The molecule has 4 heterocycles. The fourth-order valence-corrected chi connectivity index (χ4v) is 5.13. The molecule has 0 bridgehead atoms. The minimum absolute atomic E-state index is 0.175. The minimum atomic E-state index is -0.681. The van der Waals surface area contributed by atoms with Gasteiger partial charge in [-0.15, -0.1) is 0 Å². The summed E-state index contributed by atoms with van der Waals surface area (Å²) in [5.74, 6) is 1.24. The highest BCUT2D eigenvalue weighted by Crippen LogP contribution is 2.35. The zero-order valence-corrected chi connectivity index (χ0v) is 20.7. The number of carbonyl (C=O) groups excluding carboxylic acids is 1. The standard InChI is InChI=1S/C28H28FN7O2/c29-21-6-5-19(26(37)32-22-9-16-38-24-4-2-1-3-20(22)24)17-23(21)34-28(10-14-31-15-11-28)27-33-25(35-36-27)18-7-12-30-13-8-18/h1-8,12-13,17,22,31,34H,9-11,14-16H2,(H,32,37)(H,33,35,36)/t22-/m0/s1. The highest BCUT2D eigenvalue weighted by Gasteiger charge is 2.38. The maximum absolute atomic E-state index is 15.1. The molecule has 2 aromatic carbocycles. The highest BCUT2D eigenvalue weighted by atomic mass is 19.1. The number of carbonyl (C=O) groups is 1. The Balaban J connectivity index is 1.26. The van der Waals surface area contributed by atoms with E-state index in [0.29, 0.717) is 43.1 Å². The summed E-state index contributed by atoms with van der Waals surface area (Å²) >= 11 is 0. The minimum Gasteiger partial charge on any atom is -0.493 e. The Hall–Kier alpha value is -4.31. The van der Waals surface area contributed by atoms with Crippen LogP contribution in [-0.4, -0.2) is 45.8 Å². The van der Waals surface area contributed by atoms with Crippen LogP contribution in [0.5, 0.6) is 5.75 Å². The molecule has 0 radical (unpaired) electrons. The molecule has 1 saturated heterocycles. The van der Waals surface area contributed by atoms with Crippen LogP contribution in [0.15, 0.2) is 67.0 Å². The number of benzene rings is 2. The summed E-state index contributed by atoms with van der Waals surface area (Å²) in [7, 11) is 0. The quantitative estimate of drug-likeness (QED) is 0.308. The van der Waals surface area contributed by atoms with Crippen LogP contribution >= 0.6 is 0 Å². The third-order valence-corrected chi connectivity index (χ3v) is 7.20. The van der Waals surface area contributed by atoms with E-state index in [1.165, 1.54) is 12.1 Å². The number of aromatic nitrogens is 4. The molecule has 1 amide bonds. The molecule has 2 aliphatic heterocycles. The number of rotatable bonds is 6. The number of piperidine rings is 1. The second kappa shape index (κ2) is 10.2. The molecule has 1 atom stereocenters. The third-order valence-electron chi connectivity index (χ3n) is 7.20. The summed E-state index contributed by atoms with van der Waals surface area (Å²) in [4.78, 5) is 22.1. The summed E-state index contributed by atoms with van der Waals surface area (Å²) in [6.45, 7) is 1.97. The summed E-state index contributed by atoms with van der Waals surface area (Å²) in [6.07, 6.45) is 5.36. The molecule has 194 valence electrons. The zero-order chi connectivity index (χ0) is 26.0. The second-order valence-electron chi connectivity index (χ2n) is 9.60. The molecule has 2 aromatic heterocycles. The van der Waals surface area contributed by atoms with Crippen molar-refractivity contribution in [2.24, 2.45) is 0 Å². The maximum atomic E-state index is 15.1. The summed E-state index contributed by atoms with van der Waals surface area (Å²) in [5.41, 5.74) is 1.72. The summed E-state index contributed by atoms with van der Waals surface area (Å²) in [5, 5.41) is 17.3. The molecule has 10 heteroatoms. The molecule has 6 rings (SSSR count). The summed E-state index contributed by atoms with van der Waals surface area (Å²) in [6, 6.07) is 15.6. The van der Waals surface area contributed by atoms with Crippen LogP contribution in [0.25, 0.3) is 11.4 Å². The van der Waals surface area contributed by atoms with E-state index in [4.69, 9.17) is 9.72 Å². The van der Waals surface area contributed by atoms with Crippen molar-refractivity contribution in [3.8, 4) is 17.1 Å². The predicted molar refractivity (Wildman–Crippen MR) is 140 cm³/mol. The van der Waals surface area contributed by atoms with E-state index >= 15 is 4.39 Å². The van der Waals surface area contributed by atoms with E-state index < -0.39 is 11.4 Å². The van der Waals surface area contributed by atoms with Gasteiger partial charge in [-0.05, 0) is 62.3 Å². The van der Waals surface area contributed by atoms with Crippen molar-refractivity contribution in [2.75, 3.05) is 25.0 Å². The number of aromatic amines is 1. The Morgan fingerprint density at radius 2 is 1.89 bits per heavy atom. The van der Waals surface area contributed by atoms with Crippen LogP contribution in [0.1, 0.15) is 47.1 Å². The van der Waals surface area contributed by atoms with Crippen LogP contribution in [0.2, 0.25) is 0 Å². The van der Waals surface area contributed by atoms with E-state index in [1.54, 1.807) is 18.5 Å². The molecule has 4 N–H and O–H groups in total. The van der Waals surface area contributed by atoms with E-state index in [0.717, 1.165) is 30.0 Å². The van der Waals surface area contributed by atoms with Crippen LogP contribution in [0.3, 0.4) is 0 Å². The van der Waals surface area contributed by atoms with Gasteiger partial charge < -0.3 is 20.7 Å². The lowest BCUT2D eigenvalue weighted by molar-refractivity contribution is 0.0924. The van der Waals surface area contributed by atoms with Crippen LogP contribution < -0.4 is 20.7 Å². The average molecular weight is 514 g/mol. The first-order valence-corrected chi connectivity index (χ1v) is 12.8. The second-order valence-corrected chi connectivity index (χ2v) is 9.60. The number of anilines is 1. The number of halogens is 1. The average Bonchev–Trinajstić information content (AvgIpc) is 3.47. The monoisotopic (exact) mass is 513 g/mol. The topological polar surface area (TPSA) is 117 Å². The van der Waals surface area contributed by atoms with Gasteiger partial charge in [0.1, 0.15) is 11.6 Å². The van der Waals surface area contributed by atoms with Gasteiger partial charge in [0, 0.05) is 35.5 Å². The Morgan fingerprint density at radius 1 is 1.08 bits per heavy atom. The Bertz CT molecular complexity index is 1440. The van der Waals surface area contributed by atoms with Gasteiger partial charge in [-0.2, -0.15) is 5.10 Å². The fourth-order valence-electron chi connectivity index (χ4n) is 5.13. The first kappa shape index (κ1) is 24.1. The molecule has 0 saturated carbocycles. The van der Waals surface area contributed by atoms with Gasteiger partial charge in [0.2, 0.25) is 0 Å². The van der Waals surface area contributed by atoms with Gasteiger partial charge in [0.05, 0.1) is 23.9 Å². The van der Waals surface area contributed by atoms with Crippen molar-refractivity contribution < 1.29 is 13.9 Å². The number of nitrogens with one attached hydrogen (secondary N) is 4. The van der Waals surface area contributed by atoms with Gasteiger partial charge >= 0.3 is 0 Å². The molecule has 4 aromatic rings. The third kappa shape index (κ3) is 4.70. The van der Waals surface area contributed by atoms with E-state index in [2.05, 4.69) is 31.1 Å². The van der Waals surface area contributed by atoms with Crippen molar-refractivity contribution in [1.29, 1.82) is 0 Å². The van der Waals surface area contributed by atoms with Crippen LogP contribution in [-0.2, 0) is 5.54 Å². The van der Waals surface area contributed by atoms with Crippen molar-refractivity contribution in [3.63, 3.8) is 0 Å². The lowest BCUT2D eigenvalue weighted by Crippen LogP contribution is -2.46. The largest absolute Gasteiger partial charge is 0.493 e. The Kier molecular flexibility index (Phi) is 6.47. The molecule has 1 fully saturated rings. The number of fused-ring (bicyclic) bond motifs is 1. The number of hydrogen-bond acceptors (Lipinski definition) is 7. The smallest absolute Gasteiger partial charge is 0.251 e. The lowest BCUT2D eigenvalue weighted by Gasteiger charge is -2.37. The van der Waals surface area contributed by atoms with E-state index in [1.807, 2.05) is 36.4 Å². The Morgan fingerprint density at radius 3 is 2.74 bits per heavy atom. The number of H-pyrrole nitrogens is 1. The number of hydrogen-bond donors (Lipinski definition) is 4. The highest BCUT2D eigenvalue weighted by molar-refractivity contribution is 5.95. The number of ether oxygens (including phenoxy) is 1. The molecule has 2 aliphatic rings. The van der Waals surface area contributed by atoms with Crippen molar-refractivity contribution in [3.05, 3.63) is 89.8 Å². The maximum Gasteiger partial charge on any atom is 0.251 e. The fraction of sp³-hybridized carbons (Fsp3) is 0.286. The molecule has 0 aliphatic carbocycles. The van der Waals surface area contributed by atoms with Gasteiger partial charge in [-0.1, -0.05) is 18.2 Å². The van der Waals surface area contributed by atoms with Crippen LogP contribution in [0.4, 0.5) is 10.1 Å². The van der Waals surface area contributed by atoms with E-state index in [-0.39, 0.29) is 17.6 Å². The Labute approximate surface area is 219 Å². The molecule has 0 spiro atoms. The van der Waals surface area contributed by atoms with Gasteiger partial charge in [-0.3, -0.25) is 14.9 Å². The molecular weight excluding hydrogens is 485 g/mol. The summed E-state index contributed by atoms with van der Waals surface area (Å²) < 4.78 is 20.8. The number of amides is 1. The predicted octanol–water partition coefficient (Wildman–Crippen LogP) is 3.95. The molecule has 0 unspecified atom stereocenters. The normalized spacial score (nSPS) is 18.2. The van der Waals surface area contributed by atoms with Gasteiger partial charge in [0.15, 0.2) is 11.6 Å². The van der Waals surface area contributed by atoms with Crippen LogP contribution in [0, 0.1) is 5.82 Å². The number of pyridine rings is 1. The first-order valence-electron chi connectivity index (χ1n) is 12.8. The van der Waals surface area contributed by atoms with Crippen molar-refractivity contribution >= 4 is 11.6 Å². The molecule has 38 heavy (non-hydrogen) atoms. The van der Waals surface area contributed by atoms with Crippen molar-refractivity contribution in [1.82, 2.24) is 30.8 Å². The molecule has 9 nitrogen and oxygen atoms in total. The number of para-hydroxylation sites is 1. The first-order chi connectivity index (χ1) is 18.6. The van der Waals surface area contributed by atoms with Gasteiger partial charge in [-0.25, -0.2) is 9.37 Å². The SMILES string of the molecule is O=C(N[C@H]1CCOc2ccccc21)c1ccc(F)c(NC2(c3nc(-c4ccncc4)n[nH]3)CCNCC2)c1. The van der Waals surface area contributed by atoms with Crippen molar-refractivity contribution in [2.45, 2.75) is 30.8 Å². The zero-order valence-electron chi connectivity index (χ0n) is 20.7. The lowest BCUT2D eigenvalue weighted by atomic mass is 9.87. The van der Waals surface area contributed by atoms with Gasteiger partial charge in [0.25, 0.3) is 5.91 Å². The number of nitrogens with zero attached hydrogens (tertiary/aromatic N) is 3. The van der Waals surface area contributed by atoms with E-state index in [9.17, 15) is 4.79 Å². The molecular formula is C28H28FN7O2.